The molecule has 1 aliphatic carbocycles. The first-order valence-corrected chi connectivity index (χ1v) is 10.4. The number of carbonyl (C=O) groups excluding carboxylic acids is 1. The number of aromatic hydroxyl groups is 1. The van der Waals surface area contributed by atoms with E-state index in [0.29, 0.717) is 24.5 Å². The summed E-state index contributed by atoms with van der Waals surface area (Å²) in [6, 6.07) is 13.4. The zero-order valence-electron chi connectivity index (χ0n) is 17.7. The van der Waals surface area contributed by atoms with Crippen molar-refractivity contribution >= 4 is 11.7 Å². The van der Waals surface area contributed by atoms with E-state index < -0.39 is 0 Å². The number of phenolic OH excluding ortho intramolecular Hbond substituents is 1. The molecule has 2 aliphatic rings. The second-order valence-electron chi connectivity index (χ2n) is 8.28. The molecular formula is C25H24N2O4. The van der Waals surface area contributed by atoms with E-state index in [1.54, 1.807) is 6.07 Å². The number of fused-ring (bicyclic) bond motifs is 1. The molecule has 1 aromatic heterocycles. The highest BCUT2D eigenvalue weighted by molar-refractivity contribution is 6.01. The monoisotopic (exact) mass is 416 g/mol. The predicted octanol–water partition coefficient (Wildman–Crippen LogP) is 4.96. The molecule has 2 N–H and O–H groups in total. The van der Waals surface area contributed by atoms with E-state index >= 15 is 0 Å². The van der Waals surface area contributed by atoms with Crippen molar-refractivity contribution in [3.8, 4) is 11.5 Å². The van der Waals surface area contributed by atoms with Gasteiger partial charge in [-0.3, -0.25) is 4.79 Å². The Morgan fingerprint density at radius 3 is 2.74 bits per heavy atom. The first-order valence-electron chi connectivity index (χ1n) is 10.4. The van der Waals surface area contributed by atoms with Crippen LogP contribution in [0.2, 0.25) is 0 Å². The van der Waals surface area contributed by atoms with Crippen LogP contribution in [0.3, 0.4) is 0 Å². The van der Waals surface area contributed by atoms with Crippen molar-refractivity contribution in [2.24, 2.45) is 0 Å². The molecule has 0 saturated heterocycles. The molecule has 6 heteroatoms. The summed E-state index contributed by atoms with van der Waals surface area (Å²) in [7, 11) is 1.52. The first-order chi connectivity index (χ1) is 15.0. The highest BCUT2D eigenvalue weighted by atomic mass is 16.5. The van der Waals surface area contributed by atoms with E-state index in [1.807, 2.05) is 31.2 Å². The molecule has 158 valence electrons. The van der Waals surface area contributed by atoms with E-state index in [4.69, 9.17) is 9.26 Å². The van der Waals surface area contributed by atoms with E-state index in [-0.39, 0.29) is 23.4 Å². The van der Waals surface area contributed by atoms with Crippen LogP contribution in [-0.2, 0) is 4.79 Å². The zero-order valence-corrected chi connectivity index (χ0v) is 17.7. The van der Waals surface area contributed by atoms with Gasteiger partial charge >= 0.3 is 0 Å². The SMILES string of the molecule is COc1cc(C2CC(=O)C3=C(C2)Nc2onc(C)c2C3c2ccccc2C)ccc1O. The van der Waals surface area contributed by atoms with Crippen LogP contribution >= 0.6 is 0 Å². The van der Waals surface area contributed by atoms with Crippen molar-refractivity contribution in [2.75, 3.05) is 12.4 Å². The number of ketones is 1. The average molecular weight is 416 g/mol. The molecule has 0 radical (unpaired) electrons. The normalized spacial score (nSPS) is 20.2. The lowest BCUT2D eigenvalue weighted by Gasteiger charge is -2.35. The van der Waals surface area contributed by atoms with Gasteiger partial charge in [0.1, 0.15) is 0 Å². The van der Waals surface area contributed by atoms with Crippen LogP contribution in [0.1, 0.15) is 52.6 Å². The smallest absolute Gasteiger partial charge is 0.233 e. The van der Waals surface area contributed by atoms with Gasteiger partial charge in [-0.1, -0.05) is 35.5 Å². The maximum absolute atomic E-state index is 13.5. The third-order valence-electron chi connectivity index (χ3n) is 6.43. The maximum atomic E-state index is 13.5. The minimum Gasteiger partial charge on any atom is -0.504 e. The summed E-state index contributed by atoms with van der Waals surface area (Å²) in [5.41, 5.74) is 6.60. The van der Waals surface area contributed by atoms with Gasteiger partial charge in [-0.05, 0) is 55.0 Å². The van der Waals surface area contributed by atoms with Crippen molar-refractivity contribution < 1.29 is 19.2 Å². The van der Waals surface area contributed by atoms with Gasteiger partial charge < -0.3 is 19.7 Å². The Bertz CT molecular complexity index is 1220. The number of rotatable bonds is 3. The molecule has 0 fully saturated rings. The third-order valence-corrected chi connectivity index (χ3v) is 6.43. The Morgan fingerprint density at radius 1 is 1.16 bits per heavy atom. The number of Topliss-reactive ketones (excluding diaryl/α,β-unsaturated/α-hetero) is 1. The summed E-state index contributed by atoms with van der Waals surface area (Å²) < 4.78 is 10.9. The number of hydrogen-bond acceptors (Lipinski definition) is 6. The molecule has 3 aromatic rings. The summed E-state index contributed by atoms with van der Waals surface area (Å²) in [6.45, 7) is 3.98. The zero-order chi connectivity index (χ0) is 21.7. The number of aryl methyl sites for hydroxylation is 2. The van der Waals surface area contributed by atoms with Gasteiger partial charge in [-0.25, -0.2) is 0 Å². The molecule has 0 saturated carbocycles. The Hall–Kier alpha value is -3.54. The van der Waals surface area contributed by atoms with Crippen molar-refractivity contribution in [1.29, 1.82) is 0 Å². The number of anilines is 1. The third kappa shape index (κ3) is 3.10. The number of aromatic nitrogens is 1. The molecule has 31 heavy (non-hydrogen) atoms. The second-order valence-corrected chi connectivity index (χ2v) is 8.28. The van der Waals surface area contributed by atoms with Crippen LogP contribution in [0, 0.1) is 13.8 Å². The summed E-state index contributed by atoms with van der Waals surface area (Å²) in [6.07, 6.45) is 1.06. The lowest BCUT2D eigenvalue weighted by atomic mass is 9.71. The van der Waals surface area contributed by atoms with Gasteiger partial charge in [0.05, 0.1) is 18.4 Å². The Kier molecular flexibility index (Phi) is 4.58. The Labute approximate surface area is 180 Å². The van der Waals surface area contributed by atoms with Crippen LogP contribution in [-0.4, -0.2) is 23.2 Å². The Morgan fingerprint density at radius 2 is 1.97 bits per heavy atom. The quantitative estimate of drug-likeness (QED) is 0.628. The van der Waals surface area contributed by atoms with Crippen molar-refractivity contribution in [3.05, 3.63) is 81.7 Å². The summed E-state index contributed by atoms with van der Waals surface area (Å²) in [5.74, 6) is 1.02. The van der Waals surface area contributed by atoms with Crippen molar-refractivity contribution in [1.82, 2.24) is 5.16 Å². The molecule has 0 spiro atoms. The molecule has 1 aliphatic heterocycles. The van der Waals surface area contributed by atoms with Crippen LogP contribution in [0.25, 0.3) is 0 Å². The lowest BCUT2D eigenvalue weighted by molar-refractivity contribution is -0.116. The molecular weight excluding hydrogens is 392 g/mol. The van der Waals surface area contributed by atoms with Gasteiger partial charge in [0, 0.05) is 23.6 Å². The minimum absolute atomic E-state index is 0.0173. The average Bonchev–Trinajstić information content (AvgIpc) is 3.13. The summed E-state index contributed by atoms with van der Waals surface area (Å²) in [5, 5.41) is 17.5. The van der Waals surface area contributed by atoms with Crippen molar-refractivity contribution in [3.63, 3.8) is 0 Å². The number of phenols is 1. The highest BCUT2D eigenvalue weighted by Crippen LogP contribution is 2.49. The molecule has 0 bridgehead atoms. The largest absolute Gasteiger partial charge is 0.504 e. The fourth-order valence-electron chi connectivity index (χ4n) is 4.88. The standard InChI is InChI=1S/C25H24N2O4/c1-13-6-4-5-7-17(13)23-22-14(2)27-31-25(22)26-18-10-16(11-20(29)24(18)23)15-8-9-19(28)21(12-15)30-3/h4-9,12,16,23,26,28H,10-11H2,1-3H3. The number of hydrogen-bond donors (Lipinski definition) is 2. The number of nitrogens with one attached hydrogen (secondary N) is 1. The van der Waals surface area contributed by atoms with Crippen LogP contribution in [0.5, 0.6) is 11.5 Å². The summed E-state index contributed by atoms with van der Waals surface area (Å²) >= 11 is 0. The second kappa shape index (κ2) is 7.30. The van der Waals surface area contributed by atoms with E-state index in [0.717, 1.165) is 39.2 Å². The number of ether oxygens (including phenoxy) is 1. The first kappa shape index (κ1) is 19.4. The fourth-order valence-corrected chi connectivity index (χ4v) is 4.88. The predicted molar refractivity (Wildman–Crippen MR) is 117 cm³/mol. The van der Waals surface area contributed by atoms with Gasteiger partial charge in [0.15, 0.2) is 17.3 Å². The number of methoxy groups -OCH3 is 1. The van der Waals surface area contributed by atoms with Gasteiger partial charge in [-0.2, -0.15) is 0 Å². The number of allylic oxidation sites excluding steroid dienone is 2. The number of nitrogens with zero attached hydrogens (tertiary/aromatic N) is 1. The molecule has 2 aromatic carbocycles. The molecule has 2 heterocycles. The summed E-state index contributed by atoms with van der Waals surface area (Å²) in [4.78, 5) is 13.5. The van der Waals surface area contributed by atoms with E-state index in [9.17, 15) is 9.90 Å². The molecule has 2 atom stereocenters. The number of carbonyl (C=O) groups is 1. The molecule has 0 amide bonds. The van der Waals surface area contributed by atoms with Gasteiger partial charge in [0.2, 0.25) is 5.88 Å². The maximum Gasteiger partial charge on any atom is 0.233 e. The van der Waals surface area contributed by atoms with Crippen LogP contribution in [0.15, 0.2) is 58.3 Å². The fraction of sp³-hybridized carbons (Fsp3) is 0.280. The number of benzene rings is 2. The van der Waals surface area contributed by atoms with Gasteiger partial charge in [-0.15, -0.1) is 0 Å². The molecule has 2 unspecified atom stereocenters. The van der Waals surface area contributed by atoms with Crippen LogP contribution in [0.4, 0.5) is 5.88 Å². The minimum atomic E-state index is -0.193. The van der Waals surface area contributed by atoms with Crippen LogP contribution < -0.4 is 10.1 Å². The van der Waals surface area contributed by atoms with E-state index in [2.05, 4.69) is 29.5 Å². The Balaban J connectivity index is 1.61. The topological polar surface area (TPSA) is 84.6 Å². The molecule has 6 nitrogen and oxygen atoms in total. The van der Waals surface area contributed by atoms with E-state index in [1.165, 1.54) is 7.11 Å². The highest BCUT2D eigenvalue weighted by Gasteiger charge is 2.41. The van der Waals surface area contributed by atoms with Crippen molar-refractivity contribution in [2.45, 2.75) is 38.5 Å². The van der Waals surface area contributed by atoms with Gasteiger partial charge in [0.25, 0.3) is 0 Å². The lowest BCUT2D eigenvalue weighted by Crippen LogP contribution is -2.29. The molecule has 5 rings (SSSR count).